The molecule has 0 saturated heterocycles. The summed E-state index contributed by atoms with van der Waals surface area (Å²) in [5, 5.41) is 3.99. The van der Waals surface area contributed by atoms with Crippen LogP contribution in [0.3, 0.4) is 0 Å². The van der Waals surface area contributed by atoms with Crippen LogP contribution in [0.25, 0.3) is 5.69 Å². The largest absolute Gasteiger partial charge is 0.383 e. The van der Waals surface area contributed by atoms with Crippen LogP contribution in [-0.2, 0) is 0 Å². The standard InChI is InChI=1S/C10H10N4O/c11-9-8(6-15)10(12)14(13-9)7-4-2-1-3-5-7/h1-6H,12H2,(H2,11,13). The van der Waals surface area contributed by atoms with E-state index < -0.39 is 0 Å². The molecular formula is C10H10N4O. The van der Waals surface area contributed by atoms with Gasteiger partial charge in [-0.3, -0.25) is 4.79 Å². The molecule has 15 heavy (non-hydrogen) atoms. The van der Waals surface area contributed by atoms with Gasteiger partial charge in [0.25, 0.3) is 0 Å². The summed E-state index contributed by atoms with van der Waals surface area (Å²) in [6.45, 7) is 0. The molecular weight excluding hydrogens is 192 g/mol. The molecule has 5 heteroatoms. The van der Waals surface area contributed by atoms with Gasteiger partial charge in [0.05, 0.1) is 5.69 Å². The highest BCUT2D eigenvalue weighted by Crippen LogP contribution is 2.20. The van der Waals surface area contributed by atoms with E-state index >= 15 is 0 Å². The number of para-hydroxylation sites is 1. The molecule has 0 aliphatic heterocycles. The molecule has 0 unspecified atom stereocenters. The Hall–Kier alpha value is -2.30. The summed E-state index contributed by atoms with van der Waals surface area (Å²) in [6, 6.07) is 9.25. The van der Waals surface area contributed by atoms with Crippen molar-refractivity contribution in [2.45, 2.75) is 0 Å². The van der Waals surface area contributed by atoms with E-state index in [1.807, 2.05) is 30.3 Å². The lowest BCUT2D eigenvalue weighted by Crippen LogP contribution is -2.02. The Labute approximate surface area is 86.3 Å². The Morgan fingerprint density at radius 2 is 1.87 bits per heavy atom. The average molecular weight is 202 g/mol. The lowest BCUT2D eigenvalue weighted by atomic mass is 10.3. The van der Waals surface area contributed by atoms with Crippen LogP contribution in [0.4, 0.5) is 11.6 Å². The third-order valence-corrected chi connectivity index (χ3v) is 2.11. The monoisotopic (exact) mass is 202 g/mol. The van der Waals surface area contributed by atoms with Crippen LogP contribution in [0.15, 0.2) is 30.3 Å². The first-order valence-corrected chi connectivity index (χ1v) is 4.38. The van der Waals surface area contributed by atoms with Gasteiger partial charge in [0.1, 0.15) is 11.4 Å². The van der Waals surface area contributed by atoms with Crippen molar-refractivity contribution in [1.82, 2.24) is 9.78 Å². The summed E-state index contributed by atoms with van der Waals surface area (Å²) >= 11 is 0. The summed E-state index contributed by atoms with van der Waals surface area (Å²) in [5.41, 5.74) is 12.3. The van der Waals surface area contributed by atoms with Crippen LogP contribution in [-0.4, -0.2) is 16.1 Å². The van der Waals surface area contributed by atoms with E-state index in [9.17, 15) is 4.79 Å². The van der Waals surface area contributed by atoms with E-state index in [-0.39, 0.29) is 17.2 Å². The van der Waals surface area contributed by atoms with Gasteiger partial charge in [-0.25, -0.2) is 4.68 Å². The van der Waals surface area contributed by atoms with Crippen LogP contribution >= 0.6 is 0 Å². The third kappa shape index (κ3) is 1.43. The number of rotatable bonds is 2. The molecule has 76 valence electrons. The fourth-order valence-electron chi connectivity index (χ4n) is 1.35. The smallest absolute Gasteiger partial charge is 0.158 e. The number of hydrogen-bond acceptors (Lipinski definition) is 4. The number of nitrogens with two attached hydrogens (primary N) is 2. The Balaban J connectivity index is 2.60. The maximum atomic E-state index is 10.7. The van der Waals surface area contributed by atoms with E-state index in [2.05, 4.69) is 5.10 Å². The highest BCUT2D eigenvalue weighted by Gasteiger charge is 2.12. The molecule has 0 spiro atoms. The number of nitrogen functional groups attached to an aromatic ring is 2. The Kier molecular flexibility index (Phi) is 2.13. The maximum Gasteiger partial charge on any atom is 0.158 e. The highest BCUT2D eigenvalue weighted by atomic mass is 16.1. The second-order valence-corrected chi connectivity index (χ2v) is 3.05. The molecule has 0 radical (unpaired) electrons. The van der Waals surface area contributed by atoms with Crippen molar-refractivity contribution in [3.8, 4) is 5.69 Å². The number of aromatic nitrogens is 2. The third-order valence-electron chi connectivity index (χ3n) is 2.11. The number of carbonyl (C=O) groups is 1. The predicted octanol–water partition coefficient (Wildman–Crippen LogP) is 0.849. The number of anilines is 2. The molecule has 1 aromatic heterocycles. The van der Waals surface area contributed by atoms with Crippen molar-refractivity contribution < 1.29 is 4.79 Å². The minimum atomic E-state index is 0.145. The van der Waals surface area contributed by atoms with Crippen molar-refractivity contribution in [2.75, 3.05) is 11.5 Å². The first kappa shape index (κ1) is 9.26. The lowest BCUT2D eigenvalue weighted by molar-refractivity contribution is 0.112. The zero-order valence-corrected chi connectivity index (χ0v) is 7.92. The number of carbonyl (C=O) groups excluding carboxylic acids is 1. The maximum absolute atomic E-state index is 10.7. The normalized spacial score (nSPS) is 10.1. The molecule has 1 heterocycles. The number of benzene rings is 1. The number of aldehydes is 1. The van der Waals surface area contributed by atoms with Crippen LogP contribution in [0.2, 0.25) is 0 Å². The quantitative estimate of drug-likeness (QED) is 0.707. The zero-order chi connectivity index (χ0) is 10.8. The van der Waals surface area contributed by atoms with Gasteiger partial charge in [-0.15, -0.1) is 5.10 Å². The molecule has 0 bridgehead atoms. The minimum absolute atomic E-state index is 0.145. The van der Waals surface area contributed by atoms with Gasteiger partial charge in [0.2, 0.25) is 0 Å². The first-order valence-electron chi connectivity index (χ1n) is 4.38. The highest BCUT2D eigenvalue weighted by molar-refractivity contribution is 5.88. The molecule has 0 aliphatic rings. The molecule has 0 atom stereocenters. The second kappa shape index (κ2) is 3.45. The number of nitrogens with zero attached hydrogens (tertiary/aromatic N) is 2. The summed E-state index contributed by atoms with van der Waals surface area (Å²) in [6.07, 6.45) is 0.608. The Morgan fingerprint density at radius 1 is 1.20 bits per heavy atom. The average Bonchev–Trinajstić information content (AvgIpc) is 2.55. The van der Waals surface area contributed by atoms with E-state index in [0.717, 1.165) is 5.69 Å². The molecule has 0 aliphatic carbocycles. The van der Waals surface area contributed by atoms with E-state index in [1.54, 1.807) is 0 Å². The fraction of sp³-hybridized carbons (Fsp3) is 0. The van der Waals surface area contributed by atoms with Crippen LogP contribution in [0, 0.1) is 0 Å². The summed E-state index contributed by atoms with van der Waals surface area (Å²) in [7, 11) is 0. The molecule has 2 aromatic rings. The predicted molar refractivity (Wildman–Crippen MR) is 57.8 cm³/mol. The van der Waals surface area contributed by atoms with Gasteiger partial charge in [-0.1, -0.05) is 18.2 Å². The van der Waals surface area contributed by atoms with Crippen molar-refractivity contribution in [3.05, 3.63) is 35.9 Å². The van der Waals surface area contributed by atoms with Crippen molar-refractivity contribution in [3.63, 3.8) is 0 Å². The van der Waals surface area contributed by atoms with Gasteiger partial charge < -0.3 is 11.5 Å². The number of hydrogen-bond donors (Lipinski definition) is 2. The van der Waals surface area contributed by atoms with Crippen LogP contribution in [0.1, 0.15) is 10.4 Å². The molecule has 0 fully saturated rings. The lowest BCUT2D eigenvalue weighted by Gasteiger charge is -2.02. The minimum Gasteiger partial charge on any atom is -0.383 e. The first-order chi connectivity index (χ1) is 7.24. The molecule has 2 rings (SSSR count). The molecule has 1 aromatic carbocycles. The van der Waals surface area contributed by atoms with E-state index in [0.29, 0.717) is 6.29 Å². The van der Waals surface area contributed by atoms with Crippen LogP contribution < -0.4 is 11.5 Å². The van der Waals surface area contributed by atoms with Gasteiger partial charge in [0.15, 0.2) is 12.1 Å². The summed E-state index contributed by atoms with van der Waals surface area (Å²) in [4.78, 5) is 10.7. The van der Waals surface area contributed by atoms with Gasteiger partial charge in [-0.05, 0) is 12.1 Å². The van der Waals surface area contributed by atoms with E-state index in [1.165, 1.54) is 4.68 Å². The molecule has 0 amide bonds. The Bertz CT molecular complexity index is 490. The molecule has 0 saturated carbocycles. The van der Waals surface area contributed by atoms with Crippen LogP contribution in [0.5, 0.6) is 0 Å². The summed E-state index contributed by atoms with van der Waals surface area (Å²) < 4.78 is 1.44. The van der Waals surface area contributed by atoms with E-state index in [4.69, 9.17) is 11.5 Å². The van der Waals surface area contributed by atoms with Gasteiger partial charge in [0, 0.05) is 0 Å². The van der Waals surface area contributed by atoms with Crippen molar-refractivity contribution in [2.24, 2.45) is 0 Å². The SMILES string of the molecule is Nc1nn(-c2ccccc2)c(N)c1C=O. The fourth-order valence-corrected chi connectivity index (χ4v) is 1.35. The van der Waals surface area contributed by atoms with Gasteiger partial charge >= 0.3 is 0 Å². The summed E-state index contributed by atoms with van der Waals surface area (Å²) in [5.74, 6) is 0.403. The van der Waals surface area contributed by atoms with Crippen molar-refractivity contribution >= 4 is 17.9 Å². The van der Waals surface area contributed by atoms with Crippen molar-refractivity contribution in [1.29, 1.82) is 0 Å². The molecule has 4 N–H and O–H groups in total. The topological polar surface area (TPSA) is 86.9 Å². The second-order valence-electron chi connectivity index (χ2n) is 3.05. The zero-order valence-electron chi connectivity index (χ0n) is 7.92. The Morgan fingerprint density at radius 3 is 2.40 bits per heavy atom. The molecule has 5 nitrogen and oxygen atoms in total. The van der Waals surface area contributed by atoms with Gasteiger partial charge in [-0.2, -0.15) is 0 Å².